The van der Waals surface area contributed by atoms with Crippen molar-refractivity contribution in [1.29, 1.82) is 0 Å². The molecule has 0 saturated carbocycles. The van der Waals surface area contributed by atoms with Crippen molar-refractivity contribution in [1.82, 2.24) is 0 Å². The fourth-order valence-electron chi connectivity index (χ4n) is 0. The van der Waals surface area contributed by atoms with Gasteiger partial charge in [0.2, 0.25) is 0 Å². The molecule has 10 heteroatoms. The van der Waals surface area contributed by atoms with Crippen molar-refractivity contribution in [2.24, 2.45) is 0 Å². The molecule has 0 atom stereocenters. The van der Waals surface area contributed by atoms with Gasteiger partial charge in [0.1, 0.15) is 0 Å². The molecular weight excluding hydrogens is 180 g/mol. The second-order valence-electron chi connectivity index (χ2n) is 0.500. The van der Waals surface area contributed by atoms with Crippen LogP contribution in [0.4, 0.5) is 9.59 Å². The number of carbonyl (C=O) groups is 2. The summed E-state index contributed by atoms with van der Waals surface area (Å²) in [7, 11) is 0. The van der Waals surface area contributed by atoms with E-state index in [2.05, 4.69) is 0 Å². The van der Waals surface area contributed by atoms with E-state index in [1.165, 1.54) is 0 Å². The van der Waals surface area contributed by atoms with Gasteiger partial charge < -0.3 is 30.0 Å². The first-order valence-electron chi connectivity index (χ1n) is 1.22. The number of carbonyl (C=O) groups excluding carboxylic acids is 2. The van der Waals surface area contributed by atoms with Gasteiger partial charge >= 0.3 is 96.8 Å². The van der Waals surface area contributed by atoms with Crippen LogP contribution in [0.5, 0.6) is 0 Å². The van der Waals surface area contributed by atoms with Crippen molar-refractivity contribution in [3.8, 4) is 0 Å². The van der Waals surface area contributed by atoms with Gasteiger partial charge in [-0.25, -0.2) is 0 Å². The van der Waals surface area contributed by atoms with E-state index < -0.39 is 12.3 Å². The van der Waals surface area contributed by atoms with E-state index in [1.807, 2.05) is 0 Å². The van der Waals surface area contributed by atoms with Crippen LogP contribution < -0.4 is 117 Å². The Labute approximate surface area is 137 Å². The summed E-state index contributed by atoms with van der Waals surface area (Å²) >= 11 is 0. The molecule has 0 N–H and O–H groups in total. The van der Waals surface area contributed by atoms with Crippen LogP contribution in [0.1, 0.15) is 0 Å². The Morgan fingerprint density at radius 3 is 0.667 bits per heavy atom. The van der Waals surface area contributed by atoms with Crippen LogP contribution in [0.2, 0.25) is 0 Å². The molecular formula is C2Li2Na2O6. The molecule has 0 spiro atoms. The van der Waals surface area contributed by atoms with E-state index in [9.17, 15) is 0 Å². The van der Waals surface area contributed by atoms with E-state index in [1.54, 1.807) is 0 Å². The minimum atomic E-state index is -2.33. The zero-order valence-corrected chi connectivity index (χ0v) is 11.4. The third-order valence-corrected chi connectivity index (χ3v) is 0. The molecule has 0 aromatic heterocycles. The van der Waals surface area contributed by atoms with Gasteiger partial charge in [0.25, 0.3) is 0 Å². The molecule has 0 amide bonds. The van der Waals surface area contributed by atoms with Crippen LogP contribution in [-0.4, -0.2) is 12.3 Å². The van der Waals surface area contributed by atoms with Gasteiger partial charge in [0.15, 0.2) is 0 Å². The van der Waals surface area contributed by atoms with Crippen LogP contribution >= 0.6 is 0 Å². The summed E-state index contributed by atoms with van der Waals surface area (Å²) in [5.41, 5.74) is 0. The van der Waals surface area contributed by atoms with Gasteiger partial charge in [0.05, 0.1) is 0 Å². The van der Waals surface area contributed by atoms with Crippen LogP contribution in [-0.2, 0) is 0 Å². The van der Waals surface area contributed by atoms with Crippen LogP contribution in [0, 0.1) is 0 Å². The smallest absolute Gasteiger partial charge is 0.652 e. The summed E-state index contributed by atoms with van der Waals surface area (Å²) < 4.78 is 0. The zero-order valence-electron chi connectivity index (χ0n) is 7.45. The minimum absolute atomic E-state index is 0. The maximum absolute atomic E-state index is 8.33. The van der Waals surface area contributed by atoms with E-state index in [-0.39, 0.29) is 96.8 Å². The standard InChI is InChI=1S/2CH2O3.2Li.2Na/c2*2-1(3)4;;;;/h2*(H2,2,3,4);;;;/q;;4*+1/p-4. The fourth-order valence-corrected chi connectivity index (χ4v) is 0. The van der Waals surface area contributed by atoms with Crippen molar-refractivity contribution in [2.45, 2.75) is 0 Å². The average molecular weight is 180 g/mol. The molecule has 0 heterocycles. The summed E-state index contributed by atoms with van der Waals surface area (Å²) in [6.07, 6.45) is -4.67. The molecule has 0 rings (SSSR count). The second-order valence-corrected chi connectivity index (χ2v) is 0.500. The van der Waals surface area contributed by atoms with Gasteiger partial charge in [-0.1, -0.05) is 0 Å². The average Bonchev–Trinajstić information content (AvgIpc) is 1.25. The SMILES string of the molecule is O=C([O-])[O-].O=C([O-])[O-].[Li+].[Li+].[Na+].[Na+]. The summed E-state index contributed by atoms with van der Waals surface area (Å²) in [6, 6.07) is 0. The van der Waals surface area contributed by atoms with Crippen LogP contribution in [0.15, 0.2) is 0 Å². The minimum Gasteiger partial charge on any atom is -0.652 e. The van der Waals surface area contributed by atoms with Crippen LogP contribution in [0.3, 0.4) is 0 Å². The topological polar surface area (TPSA) is 126 Å². The number of hydrogen-bond acceptors (Lipinski definition) is 6. The molecule has 0 bridgehead atoms. The first kappa shape index (κ1) is 37.2. The van der Waals surface area contributed by atoms with Gasteiger partial charge in [-0.2, -0.15) is 0 Å². The van der Waals surface area contributed by atoms with E-state index in [0.717, 1.165) is 0 Å². The Morgan fingerprint density at radius 1 is 0.667 bits per heavy atom. The first-order valence-corrected chi connectivity index (χ1v) is 1.22. The van der Waals surface area contributed by atoms with E-state index in [0.29, 0.717) is 0 Å². The molecule has 0 aliphatic carbocycles. The molecule has 0 aromatic carbocycles. The maximum atomic E-state index is 8.33. The normalized spacial score (nSPS) is 4.00. The van der Waals surface area contributed by atoms with Gasteiger partial charge in [0, 0.05) is 0 Å². The summed E-state index contributed by atoms with van der Waals surface area (Å²) in [4.78, 5) is 16.7. The molecule has 0 aromatic rings. The molecule has 0 fully saturated rings. The Bertz CT molecular complexity index is 79.5. The Hall–Kier alpha value is 1.73. The zero-order chi connectivity index (χ0) is 7.15. The summed E-state index contributed by atoms with van der Waals surface area (Å²) in [5, 5.41) is 33.3. The van der Waals surface area contributed by atoms with Crippen molar-refractivity contribution in [2.75, 3.05) is 0 Å². The van der Waals surface area contributed by atoms with Crippen molar-refractivity contribution in [3.63, 3.8) is 0 Å². The summed E-state index contributed by atoms with van der Waals surface area (Å²) in [6.45, 7) is 0. The number of hydrogen-bond donors (Lipinski definition) is 0. The maximum Gasteiger partial charge on any atom is 1.00 e. The predicted molar refractivity (Wildman–Crippen MR) is 10.8 cm³/mol. The Morgan fingerprint density at radius 2 is 0.667 bits per heavy atom. The molecule has 0 saturated heterocycles. The first-order chi connectivity index (χ1) is 3.46. The Kier molecular flexibility index (Phi) is 90.9. The Balaban J connectivity index is -0.0000000112. The largest absolute Gasteiger partial charge is 1.00 e. The summed E-state index contributed by atoms with van der Waals surface area (Å²) in [5.74, 6) is 0. The number of carboxylic acid groups (broad SMARTS) is 4. The molecule has 0 radical (unpaired) electrons. The van der Waals surface area contributed by atoms with Crippen molar-refractivity contribution < 1.29 is 127 Å². The second kappa shape index (κ2) is 29.3. The van der Waals surface area contributed by atoms with E-state index in [4.69, 9.17) is 30.0 Å². The van der Waals surface area contributed by atoms with Crippen LogP contribution in [0.25, 0.3) is 0 Å². The monoisotopic (exact) mass is 180 g/mol. The molecule has 48 valence electrons. The van der Waals surface area contributed by atoms with Crippen molar-refractivity contribution in [3.05, 3.63) is 0 Å². The van der Waals surface area contributed by atoms with E-state index >= 15 is 0 Å². The fraction of sp³-hybridized carbons (Fsp3) is 0. The molecule has 12 heavy (non-hydrogen) atoms. The molecule has 0 aliphatic heterocycles. The number of rotatable bonds is 0. The van der Waals surface area contributed by atoms with Gasteiger partial charge in [-0.3, -0.25) is 0 Å². The molecule has 0 unspecified atom stereocenters. The molecule has 0 aliphatic rings. The van der Waals surface area contributed by atoms with Gasteiger partial charge in [-0.05, 0) is 12.3 Å². The quantitative estimate of drug-likeness (QED) is 0.340. The van der Waals surface area contributed by atoms with Gasteiger partial charge in [-0.15, -0.1) is 0 Å². The third kappa shape index (κ3) is 449. The third-order valence-electron chi connectivity index (χ3n) is 0. The molecule has 6 nitrogen and oxygen atoms in total. The van der Waals surface area contributed by atoms with Crippen molar-refractivity contribution >= 4 is 12.3 Å². The predicted octanol–water partition coefficient (Wildman–Crippen LogP) is -16.9.